The molecule has 2 heterocycles. The second-order valence-corrected chi connectivity index (χ2v) is 6.63. The van der Waals surface area contributed by atoms with Crippen molar-refractivity contribution in [2.24, 2.45) is 0 Å². The molecule has 0 saturated carbocycles. The predicted molar refractivity (Wildman–Crippen MR) is 88.4 cm³/mol. The van der Waals surface area contributed by atoms with Gasteiger partial charge in [0.15, 0.2) is 0 Å². The van der Waals surface area contributed by atoms with Gasteiger partial charge in [-0.2, -0.15) is 0 Å². The molecule has 0 radical (unpaired) electrons. The van der Waals surface area contributed by atoms with Crippen LogP contribution in [0, 0.1) is 0 Å². The maximum absolute atomic E-state index is 12.1. The van der Waals surface area contributed by atoms with Crippen molar-refractivity contribution >= 4 is 44.3 Å². The van der Waals surface area contributed by atoms with Crippen LogP contribution in [0.1, 0.15) is 10.4 Å². The molecule has 2 amide bonds. The van der Waals surface area contributed by atoms with E-state index >= 15 is 0 Å². The largest absolute Gasteiger partial charge is 0.442 e. The molecule has 2 aromatic rings. The van der Waals surface area contributed by atoms with E-state index in [0.29, 0.717) is 18.7 Å². The van der Waals surface area contributed by atoms with Crippen LogP contribution in [0.3, 0.4) is 0 Å². The molecule has 1 N–H and O–H groups in total. The Labute approximate surface area is 140 Å². The van der Waals surface area contributed by atoms with Crippen LogP contribution in [0.2, 0.25) is 0 Å². The van der Waals surface area contributed by atoms with E-state index in [2.05, 4.69) is 21.2 Å². The summed E-state index contributed by atoms with van der Waals surface area (Å²) < 4.78 is 6.12. The summed E-state index contributed by atoms with van der Waals surface area (Å²) in [4.78, 5) is 25.5. The Morgan fingerprint density at radius 1 is 1.41 bits per heavy atom. The Bertz CT molecular complexity index is 690. The van der Waals surface area contributed by atoms with Crippen molar-refractivity contribution in [2.45, 2.75) is 6.10 Å². The molecule has 1 aliphatic rings. The first kappa shape index (κ1) is 15.1. The third-order valence-electron chi connectivity index (χ3n) is 3.22. The Kier molecular flexibility index (Phi) is 4.44. The highest BCUT2D eigenvalue weighted by Crippen LogP contribution is 2.26. The fourth-order valence-corrected chi connectivity index (χ4v) is 3.30. The molecule has 0 aliphatic carbocycles. The minimum Gasteiger partial charge on any atom is -0.442 e. The number of carbonyl (C=O) groups is 2. The summed E-state index contributed by atoms with van der Waals surface area (Å²) in [5, 5.41) is 5.55. The van der Waals surface area contributed by atoms with Gasteiger partial charge in [-0.1, -0.05) is 22.0 Å². The van der Waals surface area contributed by atoms with Crippen LogP contribution in [0.25, 0.3) is 0 Å². The first-order valence-electron chi connectivity index (χ1n) is 6.69. The number of nitrogens with zero attached hydrogens (tertiary/aromatic N) is 1. The Hall–Kier alpha value is -1.86. The van der Waals surface area contributed by atoms with E-state index in [1.165, 1.54) is 11.3 Å². The van der Waals surface area contributed by atoms with Gasteiger partial charge in [-0.25, -0.2) is 4.79 Å². The molecule has 1 aromatic carbocycles. The van der Waals surface area contributed by atoms with E-state index in [-0.39, 0.29) is 18.1 Å². The lowest BCUT2D eigenvalue weighted by atomic mass is 10.2. The quantitative estimate of drug-likeness (QED) is 0.885. The number of carbonyl (C=O) groups excluding carboxylic acids is 2. The molecule has 0 bridgehead atoms. The fourth-order valence-electron chi connectivity index (χ4n) is 2.17. The molecule has 7 heteroatoms. The van der Waals surface area contributed by atoms with Crippen molar-refractivity contribution < 1.29 is 14.3 Å². The lowest BCUT2D eigenvalue weighted by Crippen LogP contribution is -2.34. The van der Waals surface area contributed by atoms with Crippen LogP contribution in [0.5, 0.6) is 0 Å². The standard InChI is InChI=1S/C15H13BrN2O3S/c16-11-4-1-3-10(7-11)14(19)17-8-12-9-18(15(20)21-12)13-5-2-6-22-13/h1-7,12H,8-9H2,(H,17,19). The summed E-state index contributed by atoms with van der Waals surface area (Å²) in [6.07, 6.45) is -0.713. The topological polar surface area (TPSA) is 58.6 Å². The second kappa shape index (κ2) is 6.50. The SMILES string of the molecule is O=C(NCC1CN(c2cccs2)C(=O)O1)c1cccc(Br)c1. The lowest BCUT2D eigenvalue weighted by Gasteiger charge is -2.11. The highest BCUT2D eigenvalue weighted by atomic mass is 79.9. The lowest BCUT2D eigenvalue weighted by molar-refractivity contribution is 0.0916. The van der Waals surface area contributed by atoms with Crippen LogP contribution in [0.4, 0.5) is 9.80 Å². The highest BCUT2D eigenvalue weighted by Gasteiger charge is 2.32. The van der Waals surface area contributed by atoms with Crippen LogP contribution < -0.4 is 10.2 Å². The van der Waals surface area contributed by atoms with E-state index in [0.717, 1.165) is 9.47 Å². The highest BCUT2D eigenvalue weighted by molar-refractivity contribution is 9.10. The number of halogens is 1. The molecule has 1 saturated heterocycles. The Balaban J connectivity index is 1.56. The summed E-state index contributed by atoms with van der Waals surface area (Å²) in [5.41, 5.74) is 0.564. The summed E-state index contributed by atoms with van der Waals surface area (Å²) in [7, 11) is 0. The van der Waals surface area contributed by atoms with Crippen molar-refractivity contribution in [1.29, 1.82) is 0 Å². The molecule has 5 nitrogen and oxygen atoms in total. The number of benzene rings is 1. The molecule has 1 aliphatic heterocycles. The first-order chi connectivity index (χ1) is 10.6. The number of thiophene rings is 1. The van der Waals surface area contributed by atoms with Gasteiger partial charge in [-0.05, 0) is 35.7 Å². The van der Waals surface area contributed by atoms with Crippen LogP contribution >= 0.6 is 27.3 Å². The molecule has 1 aromatic heterocycles. The maximum Gasteiger partial charge on any atom is 0.415 e. The third-order valence-corrected chi connectivity index (χ3v) is 4.61. The molecule has 1 unspecified atom stereocenters. The maximum atomic E-state index is 12.1. The predicted octanol–water partition coefficient (Wildman–Crippen LogP) is 3.27. The number of hydrogen-bond acceptors (Lipinski definition) is 4. The Morgan fingerprint density at radius 2 is 2.27 bits per heavy atom. The monoisotopic (exact) mass is 380 g/mol. The molecular weight excluding hydrogens is 368 g/mol. The summed E-state index contributed by atoms with van der Waals surface area (Å²) in [6.45, 7) is 0.733. The average molecular weight is 381 g/mol. The third kappa shape index (κ3) is 3.31. The molecule has 1 fully saturated rings. The number of anilines is 1. The zero-order valence-corrected chi connectivity index (χ0v) is 13.9. The van der Waals surface area contributed by atoms with E-state index in [1.807, 2.05) is 23.6 Å². The summed E-state index contributed by atoms with van der Waals surface area (Å²) in [6, 6.07) is 10.9. The number of nitrogens with one attached hydrogen (secondary N) is 1. The van der Waals surface area contributed by atoms with Gasteiger partial charge < -0.3 is 10.1 Å². The molecule has 0 spiro atoms. The molecular formula is C15H13BrN2O3S. The van der Waals surface area contributed by atoms with Crippen LogP contribution in [0.15, 0.2) is 46.3 Å². The fraction of sp³-hybridized carbons (Fsp3) is 0.200. The van der Waals surface area contributed by atoms with Crippen molar-refractivity contribution in [3.63, 3.8) is 0 Å². The van der Waals surface area contributed by atoms with E-state index in [1.54, 1.807) is 23.1 Å². The van der Waals surface area contributed by atoms with Gasteiger partial charge in [0.05, 0.1) is 13.1 Å². The summed E-state index contributed by atoms with van der Waals surface area (Å²) >= 11 is 4.81. The number of ether oxygens (including phenoxy) is 1. The molecule has 114 valence electrons. The second-order valence-electron chi connectivity index (χ2n) is 4.79. The van der Waals surface area contributed by atoms with Crippen LogP contribution in [-0.2, 0) is 4.74 Å². The van der Waals surface area contributed by atoms with Gasteiger partial charge in [0, 0.05) is 10.0 Å². The van der Waals surface area contributed by atoms with Crippen molar-refractivity contribution in [3.05, 3.63) is 51.8 Å². The number of cyclic esters (lactones) is 1. The van der Waals surface area contributed by atoms with Gasteiger partial charge in [0.25, 0.3) is 5.91 Å². The molecule has 3 rings (SSSR count). The van der Waals surface area contributed by atoms with Gasteiger partial charge in [-0.15, -0.1) is 11.3 Å². The molecule has 22 heavy (non-hydrogen) atoms. The number of hydrogen-bond donors (Lipinski definition) is 1. The van der Waals surface area contributed by atoms with Gasteiger partial charge >= 0.3 is 6.09 Å². The van der Waals surface area contributed by atoms with Gasteiger partial charge in [-0.3, -0.25) is 9.69 Å². The minimum atomic E-state index is -0.371. The minimum absolute atomic E-state index is 0.188. The normalized spacial score (nSPS) is 17.4. The number of rotatable bonds is 4. The average Bonchev–Trinajstić information content (AvgIpc) is 3.14. The summed E-state index contributed by atoms with van der Waals surface area (Å²) in [5.74, 6) is -0.188. The first-order valence-corrected chi connectivity index (χ1v) is 8.36. The van der Waals surface area contributed by atoms with Gasteiger partial charge in [0.1, 0.15) is 11.1 Å². The van der Waals surface area contributed by atoms with E-state index < -0.39 is 0 Å². The Morgan fingerprint density at radius 3 is 3.00 bits per heavy atom. The van der Waals surface area contributed by atoms with E-state index in [9.17, 15) is 9.59 Å². The molecule has 1 atom stereocenters. The van der Waals surface area contributed by atoms with Crippen molar-refractivity contribution in [3.8, 4) is 0 Å². The number of amides is 2. The van der Waals surface area contributed by atoms with E-state index in [4.69, 9.17) is 4.74 Å². The van der Waals surface area contributed by atoms with Crippen molar-refractivity contribution in [1.82, 2.24) is 5.32 Å². The zero-order valence-electron chi connectivity index (χ0n) is 11.5. The smallest absolute Gasteiger partial charge is 0.415 e. The van der Waals surface area contributed by atoms with Crippen molar-refractivity contribution in [2.75, 3.05) is 18.0 Å². The van der Waals surface area contributed by atoms with Gasteiger partial charge in [0.2, 0.25) is 0 Å². The zero-order chi connectivity index (χ0) is 15.5. The van der Waals surface area contributed by atoms with Crippen LogP contribution in [-0.4, -0.2) is 31.2 Å².